The number of rotatable bonds is 17. The minimum absolute atomic E-state index is 0.0259. The molecule has 2 atom stereocenters. The van der Waals surface area contributed by atoms with E-state index < -0.39 is 18.0 Å². The Morgan fingerprint density at radius 1 is 0.776 bits per heavy atom. The lowest BCUT2D eigenvalue weighted by molar-refractivity contribution is -0.132. The van der Waals surface area contributed by atoms with E-state index in [4.69, 9.17) is 23.7 Å². The highest BCUT2D eigenvalue weighted by Gasteiger charge is 2.30. The maximum atomic E-state index is 13.6. The van der Waals surface area contributed by atoms with Crippen LogP contribution in [0.2, 0.25) is 0 Å². The Morgan fingerprint density at radius 3 is 2.00 bits per heavy atom. The molecule has 3 aromatic rings. The fourth-order valence-electron chi connectivity index (χ4n) is 9.40. The summed E-state index contributed by atoms with van der Waals surface area (Å²) >= 11 is -0.0358. The fourth-order valence-corrected chi connectivity index (χ4v) is 9.74. The summed E-state index contributed by atoms with van der Waals surface area (Å²) in [6.07, 6.45) is 7.73. The molecule has 22 nitrogen and oxygen atoms in total. The number of hydrogen-bond acceptors (Lipinski definition) is 18. The number of hydrogen-bond donors (Lipinski definition) is 3. The standard InChI is InChI=1S/C52H67FN10O12S/c53-76-42-30-39(58-47(32-42)52(69)70)36-61-16-21-73-25-23-71-19-14-60(15-20-72-24-26-74-22-17-61)35-38-27-37(28-46(57-38)51(67)68)29-48(64)62-12-10-59(11-13-62)8-2-18-75-41-4-5-45-44(31-41)43(6-7-55-45)50(66)56-34-49(65)63-9-1-3-40(63)33-54/h4-7,27-28,30,32,40-41H,1-3,8-26,29,31,34-36H2,(H,56,66)(H,67,68)(H,69,70). The number of carboxylic acid groups (broad SMARTS) is 2. The molecule has 3 amide bonds. The number of carbonyl (C=O) groups is 5. The molecule has 0 spiro atoms. The van der Waals surface area contributed by atoms with Gasteiger partial charge in [-0.3, -0.25) is 34.1 Å². The molecule has 3 saturated heterocycles. The van der Waals surface area contributed by atoms with Crippen LogP contribution in [0.15, 0.2) is 47.5 Å². The van der Waals surface area contributed by atoms with Crippen LogP contribution in [0, 0.1) is 11.3 Å². The van der Waals surface area contributed by atoms with Gasteiger partial charge in [-0.25, -0.2) is 19.6 Å². The maximum absolute atomic E-state index is 13.6. The third-order valence-corrected chi connectivity index (χ3v) is 13.8. The molecule has 3 aliphatic heterocycles. The van der Waals surface area contributed by atoms with Gasteiger partial charge in [0.1, 0.15) is 17.4 Å². The number of amides is 3. The second kappa shape index (κ2) is 30.1. The number of carboxylic acids is 2. The molecule has 0 radical (unpaired) electrons. The molecular formula is C52H67FN10O12S. The van der Waals surface area contributed by atoms with Crippen LogP contribution in [0.4, 0.5) is 3.89 Å². The summed E-state index contributed by atoms with van der Waals surface area (Å²) in [6, 6.07) is 9.30. The van der Waals surface area contributed by atoms with Crippen LogP contribution < -0.4 is 5.32 Å². The van der Waals surface area contributed by atoms with Crippen molar-refractivity contribution >= 4 is 47.9 Å². The highest BCUT2D eigenvalue weighted by molar-refractivity contribution is 7.94. The van der Waals surface area contributed by atoms with Gasteiger partial charge in [-0.1, -0.05) is 6.08 Å². The van der Waals surface area contributed by atoms with E-state index in [0.717, 1.165) is 24.9 Å². The van der Waals surface area contributed by atoms with Gasteiger partial charge in [0.2, 0.25) is 11.8 Å². The molecule has 0 aromatic carbocycles. The normalized spacial score (nSPS) is 20.0. The Bertz CT molecular complexity index is 2510. The van der Waals surface area contributed by atoms with E-state index in [1.807, 2.05) is 22.0 Å². The number of aromatic nitrogens is 3. The molecule has 4 aliphatic rings. The molecule has 0 bridgehead atoms. The number of piperazine rings is 1. The summed E-state index contributed by atoms with van der Waals surface area (Å²) in [6.45, 7) is 9.20. The van der Waals surface area contributed by atoms with Crippen LogP contribution in [0.5, 0.6) is 0 Å². The van der Waals surface area contributed by atoms with Gasteiger partial charge < -0.3 is 49.0 Å². The molecule has 7 rings (SSSR count). The Labute approximate surface area is 445 Å². The molecule has 3 N–H and O–H groups in total. The SMILES string of the molecule is N#CC1CCCN1C(=O)CNC(=O)c1ccnc2c1CC(OCCCN1CCN(C(=O)Cc3cc(CN4CCOCCOCCN(Cc5cc(SF)cc(C(=O)O)n5)CCOCCOCC4)nc(C(=O)O)c3)CC1)C=C2. The zero-order chi connectivity index (χ0) is 53.7. The molecule has 76 heavy (non-hydrogen) atoms. The zero-order valence-electron chi connectivity index (χ0n) is 42.7. The van der Waals surface area contributed by atoms with E-state index in [1.165, 1.54) is 23.1 Å². The summed E-state index contributed by atoms with van der Waals surface area (Å²) in [5.41, 5.74) is 2.98. The summed E-state index contributed by atoms with van der Waals surface area (Å²) < 4.78 is 43.1. The summed E-state index contributed by atoms with van der Waals surface area (Å²) in [7, 11) is 0. The zero-order valence-corrected chi connectivity index (χ0v) is 43.5. The summed E-state index contributed by atoms with van der Waals surface area (Å²) in [5, 5.41) is 31.5. The second-order valence-electron chi connectivity index (χ2n) is 18.7. The highest BCUT2D eigenvalue weighted by Crippen LogP contribution is 2.24. The number of ether oxygens (including phenoxy) is 5. The number of aromatic carboxylic acids is 2. The molecule has 1 aliphatic carbocycles. The van der Waals surface area contributed by atoms with Gasteiger partial charge in [0.15, 0.2) is 0 Å². The number of nitrogens with zero attached hydrogens (tertiary/aromatic N) is 9. The maximum Gasteiger partial charge on any atom is 0.354 e. The van der Waals surface area contributed by atoms with Crippen molar-refractivity contribution in [2.45, 2.75) is 62.2 Å². The molecule has 410 valence electrons. The molecule has 3 aromatic heterocycles. The predicted molar refractivity (Wildman–Crippen MR) is 274 cm³/mol. The van der Waals surface area contributed by atoms with Crippen molar-refractivity contribution in [2.75, 3.05) is 131 Å². The number of carbonyl (C=O) groups excluding carboxylic acids is 3. The molecule has 0 saturated carbocycles. The van der Waals surface area contributed by atoms with Crippen LogP contribution in [0.1, 0.15) is 78.8 Å². The van der Waals surface area contributed by atoms with Crippen LogP contribution in [0.3, 0.4) is 0 Å². The number of nitrogens with one attached hydrogen (secondary N) is 1. The van der Waals surface area contributed by atoms with Crippen LogP contribution in [-0.2, 0) is 59.2 Å². The first kappa shape index (κ1) is 57.7. The number of fused-ring (bicyclic) bond motifs is 1. The molecular weight excluding hydrogens is 1010 g/mol. The van der Waals surface area contributed by atoms with E-state index in [2.05, 4.69) is 36.1 Å². The monoisotopic (exact) mass is 1070 g/mol. The number of halogens is 1. The molecule has 24 heteroatoms. The van der Waals surface area contributed by atoms with Gasteiger partial charge >= 0.3 is 11.9 Å². The van der Waals surface area contributed by atoms with Crippen LogP contribution in [-0.4, -0.2) is 223 Å². The highest BCUT2D eigenvalue weighted by atomic mass is 32.2. The van der Waals surface area contributed by atoms with Crippen molar-refractivity contribution in [3.63, 3.8) is 0 Å². The van der Waals surface area contributed by atoms with E-state index in [1.54, 1.807) is 18.3 Å². The van der Waals surface area contributed by atoms with Crippen molar-refractivity contribution in [3.8, 4) is 6.07 Å². The average Bonchev–Trinajstić information content (AvgIpc) is 3.92. The Kier molecular flexibility index (Phi) is 22.8. The van der Waals surface area contributed by atoms with Crippen molar-refractivity contribution in [1.29, 1.82) is 5.26 Å². The first-order valence-corrected chi connectivity index (χ1v) is 26.4. The minimum Gasteiger partial charge on any atom is -0.477 e. The number of nitriles is 1. The van der Waals surface area contributed by atoms with Gasteiger partial charge in [-0.2, -0.15) is 9.15 Å². The smallest absolute Gasteiger partial charge is 0.354 e. The van der Waals surface area contributed by atoms with E-state index in [9.17, 15) is 43.3 Å². The van der Waals surface area contributed by atoms with Gasteiger partial charge in [-0.15, -0.1) is 0 Å². The number of likely N-dealkylation sites (tertiary alicyclic amines) is 1. The first-order valence-electron chi connectivity index (χ1n) is 25.7. The third-order valence-electron chi connectivity index (χ3n) is 13.4. The van der Waals surface area contributed by atoms with Gasteiger partial charge in [0.25, 0.3) is 5.91 Å². The molecule has 3 fully saturated rings. The topological polar surface area (TPSA) is 263 Å². The second-order valence-corrected chi connectivity index (χ2v) is 19.4. The Morgan fingerprint density at radius 2 is 1.39 bits per heavy atom. The van der Waals surface area contributed by atoms with Crippen molar-refractivity contribution in [2.24, 2.45) is 0 Å². The lowest BCUT2D eigenvalue weighted by Crippen LogP contribution is -2.49. The van der Waals surface area contributed by atoms with E-state index >= 15 is 0 Å². The van der Waals surface area contributed by atoms with Crippen LogP contribution in [0.25, 0.3) is 6.08 Å². The molecule has 6 heterocycles. The first-order chi connectivity index (χ1) is 37.0. The molecule has 2 unspecified atom stereocenters. The minimum atomic E-state index is -1.24. The van der Waals surface area contributed by atoms with Gasteiger partial charge in [0.05, 0.1) is 107 Å². The van der Waals surface area contributed by atoms with E-state index in [0.29, 0.717) is 166 Å². The third kappa shape index (κ3) is 17.8. The lowest BCUT2D eigenvalue weighted by Gasteiger charge is -2.35. The Hall–Kier alpha value is -6.01. The van der Waals surface area contributed by atoms with Crippen molar-refractivity contribution < 1.29 is 61.8 Å². The van der Waals surface area contributed by atoms with Crippen molar-refractivity contribution in [1.82, 2.24) is 44.8 Å². The van der Waals surface area contributed by atoms with Crippen molar-refractivity contribution in [3.05, 3.63) is 87.8 Å². The van der Waals surface area contributed by atoms with E-state index in [-0.39, 0.29) is 71.8 Å². The average molecular weight is 1080 g/mol. The fraction of sp³-hybridized carbons (Fsp3) is 0.558. The Balaban J connectivity index is 0.823. The summed E-state index contributed by atoms with van der Waals surface area (Å²) in [5.74, 6) is -3.18. The largest absolute Gasteiger partial charge is 0.477 e. The number of pyridine rings is 3. The van der Waals surface area contributed by atoms with Gasteiger partial charge in [0, 0.05) is 108 Å². The quantitative estimate of drug-likeness (QED) is 0.164. The van der Waals surface area contributed by atoms with Crippen LogP contribution >= 0.6 is 12.1 Å². The summed E-state index contributed by atoms with van der Waals surface area (Å²) in [4.78, 5) is 86.3. The lowest BCUT2D eigenvalue weighted by atomic mass is 9.95. The predicted octanol–water partition coefficient (Wildman–Crippen LogP) is 2.60. The van der Waals surface area contributed by atoms with Gasteiger partial charge in [-0.05, 0) is 66.8 Å².